The highest BCUT2D eigenvalue weighted by atomic mass is 32.2. The van der Waals surface area contributed by atoms with Gasteiger partial charge in [0, 0.05) is 23.5 Å². The van der Waals surface area contributed by atoms with Crippen LogP contribution in [-0.2, 0) is 21.4 Å². The lowest BCUT2D eigenvalue weighted by Gasteiger charge is -2.10. The van der Waals surface area contributed by atoms with Gasteiger partial charge < -0.3 is 10.6 Å². The Morgan fingerprint density at radius 1 is 1.00 bits per heavy atom. The molecule has 0 aliphatic carbocycles. The summed E-state index contributed by atoms with van der Waals surface area (Å²) in [6.45, 7) is 0.0118. The molecule has 2 rings (SSSR count). The maximum atomic E-state index is 12.3. The standard InChI is InChI=1S/C17H16F3N3O4S/c1-28(26,27)23-13-7-5-12(6-8-13)15(24)21-10-11-3-2-4-14(9-11)22-16(25)17(18,19)20/h2-9,23H,10H2,1H3,(H,21,24)(H,22,25). The minimum Gasteiger partial charge on any atom is -0.348 e. The molecular formula is C17H16F3N3O4S. The second-order valence-electron chi connectivity index (χ2n) is 5.79. The molecule has 0 spiro atoms. The number of carbonyl (C=O) groups excluding carboxylic acids is 2. The molecule has 0 radical (unpaired) electrons. The zero-order valence-electron chi connectivity index (χ0n) is 14.5. The van der Waals surface area contributed by atoms with E-state index in [-0.39, 0.29) is 17.8 Å². The first-order chi connectivity index (χ1) is 12.9. The van der Waals surface area contributed by atoms with Gasteiger partial charge in [0.25, 0.3) is 5.91 Å². The zero-order valence-corrected chi connectivity index (χ0v) is 15.3. The normalized spacial score (nSPS) is 11.6. The van der Waals surface area contributed by atoms with Gasteiger partial charge in [-0.15, -0.1) is 0 Å². The van der Waals surface area contributed by atoms with Crippen LogP contribution in [0.2, 0.25) is 0 Å². The SMILES string of the molecule is CS(=O)(=O)Nc1ccc(C(=O)NCc2cccc(NC(=O)C(F)(F)F)c2)cc1. The lowest BCUT2D eigenvalue weighted by atomic mass is 10.1. The van der Waals surface area contributed by atoms with Crippen molar-refractivity contribution in [3.8, 4) is 0 Å². The third-order valence-corrected chi connectivity index (χ3v) is 3.95. The Kier molecular flexibility index (Phi) is 6.29. The number of carbonyl (C=O) groups is 2. The Labute approximate surface area is 159 Å². The minimum atomic E-state index is -5.00. The number of alkyl halides is 3. The third kappa shape index (κ3) is 6.58. The number of anilines is 2. The van der Waals surface area contributed by atoms with Crippen molar-refractivity contribution in [3.05, 3.63) is 59.7 Å². The quantitative estimate of drug-likeness (QED) is 0.674. The number of nitrogens with one attached hydrogen (secondary N) is 3. The van der Waals surface area contributed by atoms with Gasteiger partial charge in [-0.05, 0) is 42.0 Å². The van der Waals surface area contributed by atoms with Crippen molar-refractivity contribution in [1.29, 1.82) is 0 Å². The number of hydrogen-bond acceptors (Lipinski definition) is 4. The number of hydrogen-bond donors (Lipinski definition) is 3. The second-order valence-corrected chi connectivity index (χ2v) is 7.53. The molecule has 0 saturated heterocycles. The molecular weight excluding hydrogens is 399 g/mol. The lowest BCUT2D eigenvalue weighted by Crippen LogP contribution is -2.30. The van der Waals surface area contributed by atoms with Gasteiger partial charge >= 0.3 is 12.1 Å². The highest BCUT2D eigenvalue weighted by molar-refractivity contribution is 7.92. The van der Waals surface area contributed by atoms with Crippen LogP contribution in [-0.4, -0.2) is 32.7 Å². The molecule has 2 aromatic carbocycles. The maximum absolute atomic E-state index is 12.3. The number of rotatable bonds is 6. The van der Waals surface area contributed by atoms with Crippen LogP contribution in [0.1, 0.15) is 15.9 Å². The van der Waals surface area contributed by atoms with Crippen molar-refractivity contribution in [2.24, 2.45) is 0 Å². The first-order valence-electron chi connectivity index (χ1n) is 7.77. The fourth-order valence-corrected chi connectivity index (χ4v) is 2.71. The van der Waals surface area contributed by atoms with Gasteiger partial charge in [-0.1, -0.05) is 12.1 Å². The van der Waals surface area contributed by atoms with Gasteiger partial charge in [0.15, 0.2) is 0 Å². The first kappa shape index (κ1) is 21.2. The van der Waals surface area contributed by atoms with Crippen LogP contribution in [0.4, 0.5) is 24.5 Å². The van der Waals surface area contributed by atoms with Gasteiger partial charge in [0.2, 0.25) is 10.0 Å². The minimum absolute atomic E-state index is 0.0118. The largest absolute Gasteiger partial charge is 0.471 e. The molecule has 0 aliphatic rings. The Hall–Kier alpha value is -3.08. The summed E-state index contributed by atoms with van der Waals surface area (Å²) in [5.74, 6) is -2.55. The summed E-state index contributed by atoms with van der Waals surface area (Å²) in [4.78, 5) is 23.1. The fraction of sp³-hybridized carbons (Fsp3) is 0.176. The van der Waals surface area contributed by atoms with Crippen molar-refractivity contribution in [2.45, 2.75) is 12.7 Å². The van der Waals surface area contributed by atoms with Crippen molar-refractivity contribution in [3.63, 3.8) is 0 Å². The van der Waals surface area contributed by atoms with Crippen LogP contribution < -0.4 is 15.4 Å². The van der Waals surface area contributed by atoms with E-state index in [1.165, 1.54) is 42.5 Å². The molecule has 0 saturated carbocycles. The second kappa shape index (κ2) is 8.30. The van der Waals surface area contributed by atoms with Gasteiger partial charge in [0.1, 0.15) is 0 Å². The summed E-state index contributed by atoms with van der Waals surface area (Å²) in [5.41, 5.74) is 0.988. The van der Waals surface area contributed by atoms with Crippen LogP contribution in [0.25, 0.3) is 0 Å². The van der Waals surface area contributed by atoms with Crippen molar-refractivity contribution in [1.82, 2.24) is 5.32 Å². The summed E-state index contributed by atoms with van der Waals surface area (Å²) >= 11 is 0. The highest BCUT2D eigenvalue weighted by Crippen LogP contribution is 2.19. The molecule has 7 nitrogen and oxygen atoms in total. The summed E-state index contributed by atoms with van der Waals surface area (Å²) in [5, 5.41) is 4.31. The maximum Gasteiger partial charge on any atom is 0.471 e. The predicted octanol–water partition coefficient (Wildman–Crippen LogP) is 2.49. The van der Waals surface area contributed by atoms with Crippen LogP contribution in [0.3, 0.4) is 0 Å². The van der Waals surface area contributed by atoms with Crippen LogP contribution in [0.5, 0.6) is 0 Å². The summed E-state index contributed by atoms with van der Waals surface area (Å²) in [6, 6.07) is 11.3. The molecule has 2 aromatic rings. The number of halogens is 3. The Morgan fingerprint density at radius 2 is 1.64 bits per heavy atom. The summed E-state index contributed by atoms with van der Waals surface area (Å²) in [7, 11) is -3.43. The molecule has 0 atom stereocenters. The Morgan fingerprint density at radius 3 is 2.21 bits per heavy atom. The molecule has 0 unspecified atom stereocenters. The van der Waals surface area contributed by atoms with E-state index in [1.807, 2.05) is 0 Å². The van der Waals surface area contributed by atoms with Crippen molar-refractivity contribution < 1.29 is 31.2 Å². The molecule has 3 N–H and O–H groups in total. The van der Waals surface area contributed by atoms with Gasteiger partial charge in [-0.25, -0.2) is 8.42 Å². The molecule has 2 amide bonds. The number of sulfonamides is 1. The fourth-order valence-electron chi connectivity index (χ4n) is 2.15. The third-order valence-electron chi connectivity index (χ3n) is 3.35. The van der Waals surface area contributed by atoms with Crippen LogP contribution in [0.15, 0.2) is 48.5 Å². The lowest BCUT2D eigenvalue weighted by molar-refractivity contribution is -0.167. The van der Waals surface area contributed by atoms with E-state index in [0.717, 1.165) is 6.26 Å². The van der Waals surface area contributed by atoms with E-state index in [1.54, 1.807) is 11.4 Å². The molecule has 0 bridgehead atoms. The van der Waals surface area contributed by atoms with Gasteiger partial charge in [0.05, 0.1) is 6.26 Å². The smallest absolute Gasteiger partial charge is 0.348 e. The summed E-state index contributed by atoms with van der Waals surface area (Å²) in [6.07, 6.45) is -4.00. The van der Waals surface area contributed by atoms with E-state index in [0.29, 0.717) is 11.3 Å². The van der Waals surface area contributed by atoms with E-state index in [4.69, 9.17) is 0 Å². The molecule has 0 fully saturated rings. The van der Waals surface area contributed by atoms with E-state index in [9.17, 15) is 31.2 Å². The highest BCUT2D eigenvalue weighted by Gasteiger charge is 2.38. The monoisotopic (exact) mass is 415 g/mol. The van der Waals surface area contributed by atoms with Crippen LogP contribution in [0, 0.1) is 0 Å². The number of amides is 2. The average molecular weight is 415 g/mol. The Bertz CT molecular complexity index is 974. The van der Waals surface area contributed by atoms with Crippen LogP contribution >= 0.6 is 0 Å². The van der Waals surface area contributed by atoms with E-state index in [2.05, 4.69) is 10.0 Å². The van der Waals surface area contributed by atoms with Crippen molar-refractivity contribution >= 4 is 33.2 Å². The van der Waals surface area contributed by atoms with E-state index < -0.39 is 28.0 Å². The molecule has 0 heterocycles. The average Bonchev–Trinajstić information content (AvgIpc) is 2.58. The summed E-state index contributed by atoms with van der Waals surface area (Å²) < 4.78 is 61.4. The van der Waals surface area contributed by atoms with E-state index >= 15 is 0 Å². The predicted molar refractivity (Wildman–Crippen MR) is 97.2 cm³/mol. The first-order valence-corrected chi connectivity index (χ1v) is 9.66. The van der Waals surface area contributed by atoms with Crippen molar-refractivity contribution in [2.75, 3.05) is 16.3 Å². The number of benzene rings is 2. The molecule has 11 heteroatoms. The molecule has 0 aromatic heterocycles. The molecule has 0 aliphatic heterocycles. The zero-order chi connectivity index (χ0) is 20.9. The van der Waals surface area contributed by atoms with Gasteiger partial charge in [-0.2, -0.15) is 13.2 Å². The topological polar surface area (TPSA) is 104 Å². The Balaban J connectivity index is 1.97. The molecule has 28 heavy (non-hydrogen) atoms. The van der Waals surface area contributed by atoms with Gasteiger partial charge in [-0.3, -0.25) is 14.3 Å². The molecule has 150 valence electrons.